The molecule has 0 spiro atoms. The van der Waals surface area contributed by atoms with E-state index in [-0.39, 0.29) is 5.91 Å². The molecule has 1 fully saturated rings. The fourth-order valence-corrected chi connectivity index (χ4v) is 3.02. The number of carbonyl (C=O) groups is 1. The summed E-state index contributed by atoms with van der Waals surface area (Å²) in [4.78, 5) is 23.7. The Bertz CT molecular complexity index is 809. The average Bonchev–Trinajstić information content (AvgIpc) is 2.66. The Labute approximate surface area is 164 Å². The fraction of sp³-hybridized carbons (Fsp3) is 0.421. The van der Waals surface area contributed by atoms with E-state index in [4.69, 9.17) is 16.3 Å². The van der Waals surface area contributed by atoms with E-state index in [0.29, 0.717) is 28.9 Å². The van der Waals surface area contributed by atoms with Gasteiger partial charge in [-0.3, -0.25) is 9.69 Å². The molecular weight excluding hydrogens is 366 g/mol. The van der Waals surface area contributed by atoms with Gasteiger partial charge in [0, 0.05) is 42.6 Å². The van der Waals surface area contributed by atoms with Crippen molar-refractivity contribution >= 4 is 29.1 Å². The van der Waals surface area contributed by atoms with Gasteiger partial charge in [-0.15, -0.1) is 0 Å². The van der Waals surface area contributed by atoms with Crippen LogP contribution in [-0.2, 0) is 4.74 Å². The molecule has 2 N–H and O–H groups in total. The Morgan fingerprint density at radius 3 is 2.81 bits per heavy atom. The molecule has 1 aliphatic rings. The molecule has 0 saturated carbocycles. The third-order valence-corrected chi connectivity index (χ3v) is 4.83. The van der Waals surface area contributed by atoms with Crippen LogP contribution in [0.1, 0.15) is 21.7 Å². The van der Waals surface area contributed by atoms with Gasteiger partial charge in [0.1, 0.15) is 5.69 Å². The first-order chi connectivity index (χ1) is 13.0. The van der Waals surface area contributed by atoms with Crippen LogP contribution in [0.2, 0.25) is 5.02 Å². The van der Waals surface area contributed by atoms with Crippen LogP contribution in [0.5, 0.6) is 0 Å². The summed E-state index contributed by atoms with van der Waals surface area (Å²) in [5.74, 6) is 0.165. The average molecular weight is 390 g/mol. The number of carbonyl (C=O) groups excluding carboxylic acids is 1. The van der Waals surface area contributed by atoms with Gasteiger partial charge in [-0.1, -0.05) is 17.7 Å². The summed E-state index contributed by atoms with van der Waals surface area (Å²) in [6, 6.07) is 7.07. The summed E-state index contributed by atoms with van der Waals surface area (Å²) in [7, 11) is 0. The molecule has 0 atom stereocenters. The maximum absolute atomic E-state index is 12.6. The molecular formula is C19H24ClN5O2. The minimum absolute atomic E-state index is 0.290. The van der Waals surface area contributed by atoms with E-state index in [1.807, 2.05) is 19.9 Å². The van der Waals surface area contributed by atoms with Gasteiger partial charge in [-0.05, 0) is 37.6 Å². The smallest absolute Gasteiger partial charge is 0.274 e. The number of benzene rings is 1. The zero-order chi connectivity index (χ0) is 19.2. The van der Waals surface area contributed by atoms with Gasteiger partial charge in [0.2, 0.25) is 5.95 Å². The van der Waals surface area contributed by atoms with E-state index in [9.17, 15) is 4.79 Å². The van der Waals surface area contributed by atoms with E-state index >= 15 is 0 Å². The van der Waals surface area contributed by atoms with Crippen LogP contribution in [0, 0.1) is 13.8 Å². The molecule has 1 aromatic carbocycles. The molecule has 1 saturated heterocycles. The number of nitrogens with one attached hydrogen (secondary N) is 2. The van der Waals surface area contributed by atoms with Crippen LogP contribution in [0.4, 0.5) is 11.6 Å². The lowest BCUT2D eigenvalue weighted by Crippen LogP contribution is -2.39. The second-order valence-corrected chi connectivity index (χ2v) is 6.87. The number of hydrogen-bond acceptors (Lipinski definition) is 6. The molecule has 7 nitrogen and oxygen atoms in total. The van der Waals surface area contributed by atoms with E-state index in [1.165, 1.54) is 0 Å². The second kappa shape index (κ2) is 9.12. The number of halogens is 1. The first-order valence-electron chi connectivity index (χ1n) is 8.99. The highest BCUT2D eigenvalue weighted by Crippen LogP contribution is 2.23. The SMILES string of the molecule is Cc1cc(C(=O)Nc2cccc(Cl)c2C)nc(NCCN2CCOCC2)n1. The van der Waals surface area contributed by atoms with E-state index in [1.54, 1.807) is 18.2 Å². The van der Waals surface area contributed by atoms with Crippen molar-refractivity contribution in [3.8, 4) is 0 Å². The largest absolute Gasteiger partial charge is 0.379 e. The van der Waals surface area contributed by atoms with Crippen molar-refractivity contribution in [1.29, 1.82) is 0 Å². The van der Waals surface area contributed by atoms with Crippen molar-refractivity contribution in [2.24, 2.45) is 0 Å². The van der Waals surface area contributed by atoms with Crippen LogP contribution >= 0.6 is 11.6 Å². The zero-order valence-electron chi connectivity index (χ0n) is 15.6. The lowest BCUT2D eigenvalue weighted by atomic mass is 10.2. The van der Waals surface area contributed by atoms with Gasteiger partial charge in [-0.25, -0.2) is 9.97 Å². The van der Waals surface area contributed by atoms with E-state index in [0.717, 1.165) is 44.1 Å². The number of aryl methyl sites for hydroxylation is 1. The Kier molecular flexibility index (Phi) is 6.60. The van der Waals surface area contributed by atoms with Crippen LogP contribution in [-0.4, -0.2) is 60.2 Å². The highest BCUT2D eigenvalue weighted by Gasteiger charge is 2.14. The van der Waals surface area contributed by atoms with Crippen molar-refractivity contribution < 1.29 is 9.53 Å². The number of aromatic nitrogens is 2. The van der Waals surface area contributed by atoms with Crippen LogP contribution in [0.15, 0.2) is 24.3 Å². The van der Waals surface area contributed by atoms with Gasteiger partial charge in [0.05, 0.1) is 13.2 Å². The molecule has 2 heterocycles. The normalized spacial score (nSPS) is 14.8. The molecule has 1 aromatic heterocycles. The molecule has 1 aliphatic heterocycles. The minimum atomic E-state index is -0.290. The predicted octanol–water partition coefficient (Wildman–Crippen LogP) is 2.74. The Morgan fingerprint density at radius 2 is 2.04 bits per heavy atom. The van der Waals surface area contributed by atoms with Gasteiger partial charge < -0.3 is 15.4 Å². The Morgan fingerprint density at radius 1 is 1.26 bits per heavy atom. The first-order valence-corrected chi connectivity index (χ1v) is 9.37. The summed E-state index contributed by atoms with van der Waals surface area (Å²) >= 11 is 6.12. The molecule has 1 amide bonds. The summed E-state index contributed by atoms with van der Waals surface area (Å²) in [5.41, 5.74) is 2.54. The summed E-state index contributed by atoms with van der Waals surface area (Å²) in [6.07, 6.45) is 0. The molecule has 0 aliphatic carbocycles. The third kappa shape index (κ3) is 5.38. The molecule has 0 radical (unpaired) electrons. The Balaban J connectivity index is 1.63. The minimum Gasteiger partial charge on any atom is -0.379 e. The lowest BCUT2D eigenvalue weighted by Gasteiger charge is -2.26. The van der Waals surface area contributed by atoms with E-state index < -0.39 is 0 Å². The Hall–Kier alpha value is -2.22. The molecule has 3 rings (SSSR count). The molecule has 0 unspecified atom stereocenters. The highest BCUT2D eigenvalue weighted by atomic mass is 35.5. The number of hydrogen-bond donors (Lipinski definition) is 2. The van der Waals surface area contributed by atoms with Gasteiger partial charge in [0.15, 0.2) is 0 Å². The number of ether oxygens (including phenoxy) is 1. The van der Waals surface area contributed by atoms with E-state index in [2.05, 4.69) is 25.5 Å². The van der Waals surface area contributed by atoms with Gasteiger partial charge in [-0.2, -0.15) is 0 Å². The molecule has 2 aromatic rings. The topological polar surface area (TPSA) is 79.4 Å². The van der Waals surface area contributed by atoms with Crippen molar-refractivity contribution in [1.82, 2.24) is 14.9 Å². The predicted molar refractivity (Wildman–Crippen MR) is 107 cm³/mol. The molecule has 8 heteroatoms. The summed E-state index contributed by atoms with van der Waals surface area (Å²) in [6.45, 7) is 8.70. The van der Waals surface area contributed by atoms with Crippen molar-refractivity contribution in [2.75, 3.05) is 50.0 Å². The lowest BCUT2D eigenvalue weighted by molar-refractivity contribution is 0.0398. The third-order valence-electron chi connectivity index (χ3n) is 4.42. The molecule has 0 bridgehead atoms. The van der Waals surface area contributed by atoms with Gasteiger partial charge in [0.25, 0.3) is 5.91 Å². The summed E-state index contributed by atoms with van der Waals surface area (Å²) in [5, 5.41) is 6.68. The first kappa shape index (κ1) is 19.5. The second-order valence-electron chi connectivity index (χ2n) is 6.47. The number of rotatable bonds is 6. The summed E-state index contributed by atoms with van der Waals surface area (Å²) < 4.78 is 5.35. The monoisotopic (exact) mass is 389 g/mol. The molecule has 144 valence electrons. The highest BCUT2D eigenvalue weighted by molar-refractivity contribution is 6.31. The van der Waals surface area contributed by atoms with Crippen molar-refractivity contribution in [2.45, 2.75) is 13.8 Å². The molecule has 27 heavy (non-hydrogen) atoms. The maximum Gasteiger partial charge on any atom is 0.274 e. The zero-order valence-corrected chi connectivity index (χ0v) is 16.3. The van der Waals surface area contributed by atoms with Gasteiger partial charge >= 0.3 is 0 Å². The number of amides is 1. The standard InChI is InChI=1S/C19H24ClN5O2/c1-13-12-17(18(26)23-16-5-3-4-15(20)14(16)2)24-19(22-13)21-6-7-25-8-10-27-11-9-25/h3-5,12H,6-11H2,1-2H3,(H,23,26)(H,21,22,24). The number of morpholine rings is 1. The van der Waals surface area contributed by atoms with Crippen molar-refractivity contribution in [3.05, 3.63) is 46.2 Å². The number of anilines is 2. The fourth-order valence-electron chi connectivity index (χ4n) is 2.84. The van der Waals surface area contributed by atoms with Crippen molar-refractivity contribution in [3.63, 3.8) is 0 Å². The number of nitrogens with zero attached hydrogens (tertiary/aromatic N) is 3. The van der Waals surface area contributed by atoms with Crippen LogP contribution < -0.4 is 10.6 Å². The van der Waals surface area contributed by atoms with Crippen LogP contribution in [0.3, 0.4) is 0 Å². The maximum atomic E-state index is 12.6. The van der Waals surface area contributed by atoms with Crippen LogP contribution in [0.25, 0.3) is 0 Å². The quantitative estimate of drug-likeness (QED) is 0.790.